The Morgan fingerprint density at radius 2 is 1.47 bits per heavy atom. The molecule has 9 heteroatoms. The second-order valence-electron chi connectivity index (χ2n) is 6.28. The van der Waals surface area contributed by atoms with Crippen molar-refractivity contribution in [3.05, 3.63) is 104 Å². The van der Waals surface area contributed by atoms with Gasteiger partial charge in [0.25, 0.3) is 11.4 Å². The van der Waals surface area contributed by atoms with Gasteiger partial charge >= 0.3 is 5.97 Å². The first-order chi connectivity index (χ1) is 14.3. The van der Waals surface area contributed by atoms with Gasteiger partial charge in [0.1, 0.15) is 18.1 Å². The lowest BCUT2D eigenvalue weighted by atomic mass is 10.1. The Morgan fingerprint density at radius 1 is 0.867 bits per heavy atom. The number of rotatable bonds is 7. The van der Waals surface area contributed by atoms with Crippen LogP contribution in [-0.2, 0) is 11.3 Å². The van der Waals surface area contributed by atoms with Gasteiger partial charge in [-0.1, -0.05) is 18.2 Å². The lowest BCUT2D eigenvalue weighted by molar-refractivity contribution is -0.385. The number of hydrogen-bond acceptors (Lipinski definition) is 7. The van der Waals surface area contributed by atoms with Crippen LogP contribution in [0.1, 0.15) is 21.5 Å². The van der Waals surface area contributed by atoms with E-state index in [1.54, 1.807) is 24.3 Å². The van der Waals surface area contributed by atoms with Crippen LogP contribution in [0.3, 0.4) is 0 Å². The fourth-order valence-electron chi connectivity index (χ4n) is 2.69. The molecule has 0 aromatic heterocycles. The minimum absolute atomic E-state index is 0.0151. The molecular formula is C21H16N2O7. The van der Waals surface area contributed by atoms with E-state index in [0.717, 1.165) is 0 Å². The second kappa shape index (κ2) is 8.82. The smallest absolute Gasteiger partial charge is 0.338 e. The highest BCUT2D eigenvalue weighted by molar-refractivity contribution is 5.92. The van der Waals surface area contributed by atoms with E-state index in [-0.39, 0.29) is 29.1 Å². The topological polar surface area (TPSA) is 122 Å². The predicted molar refractivity (Wildman–Crippen MR) is 107 cm³/mol. The van der Waals surface area contributed by atoms with E-state index < -0.39 is 15.8 Å². The third-order valence-electron chi connectivity index (χ3n) is 4.30. The van der Waals surface area contributed by atoms with Crippen molar-refractivity contribution in [3.8, 4) is 11.5 Å². The zero-order chi connectivity index (χ0) is 21.7. The van der Waals surface area contributed by atoms with Crippen LogP contribution in [0.5, 0.6) is 11.5 Å². The van der Waals surface area contributed by atoms with E-state index in [4.69, 9.17) is 9.47 Å². The molecule has 3 aromatic rings. The molecule has 0 saturated carbocycles. The van der Waals surface area contributed by atoms with Gasteiger partial charge in [0, 0.05) is 23.8 Å². The molecule has 3 aromatic carbocycles. The molecule has 0 bridgehead atoms. The van der Waals surface area contributed by atoms with Gasteiger partial charge in [-0.25, -0.2) is 4.79 Å². The summed E-state index contributed by atoms with van der Waals surface area (Å²) in [5.74, 6) is 0.303. The summed E-state index contributed by atoms with van der Waals surface area (Å²) in [4.78, 5) is 32.9. The molecule has 0 spiro atoms. The third kappa shape index (κ3) is 4.76. The standard InChI is InChI=1S/C21H16N2O7/c1-14-19(3-2-4-20(14)23(27)28)21(24)29-13-15-5-9-17(10-6-15)30-18-11-7-16(8-12-18)22(25)26/h2-12H,13H2,1H3. The number of nitro benzene ring substituents is 2. The summed E-state index contributed by atoms with van der Waals surface area (Å²) >= 11 is 0. The molecule has 0 amide bonds. The molecule has 0 unspecified atom stereocenters. The molecule has 0 heterocycles. The zero-order valence-electron chi connectivity index (χ0n) is 15.8. The van der Waals surface area contributed by atoms with Crippen LogP contribution in [0.25, 0.3) is 0 Å². The van der Waals surface area contributed by atoms with E-state index >= 15 is 0 Å². The molecule has 0 aliphatic rings. The third-order valence-corrected chi connectivity index (χ3v) is 4.30. The van der Waals surface area contributed by atoms with E-state index in [1.165, 1.54) is 49.4 Å². The average molecular weight is 408 g/mol. The van der Waals surface area contributed by atoms with Gasteiger partial charge in [0.15, 0.2) is 0 Å². The van der Waals surface area contributed by atoms with Gasteiger partial charge in [0.2, 0.25) is 0 Å². The van der Waals surface area contributed by atoms with Crippen molar-refractivity contribution in [2.45, 2.75) is 13.5 Å². The maximum Gasteiger partial charge on any atom is 0.338 e. The number of benzene rings is 3. The normalized spacial score (nSPS) is 10.3. The monoisotopic (exact) mass is 408 g/mol. The number of hydrogen-bond donors (Lipinski definition) is 0. The van der Waals surface area contributed by atoms with Crippen molar-refractivity contribution in [1.29, 1.82) is 0 Å². The fourth-order valence-corrected chi connectivity index (χ4v) is 2.69. The van der Waals surface area contributed by atoms with E-state index in [1.807, 2.05) is 0 Å². The summed E-state index contributed by atoms with van der Waals surface area (Å²) < 4.78 is 10.9. The maximum atomic E-state index is 12.3. The largest absolute Gasteiger partial charge is 0.457 e. The molecule has 152 valence electrons. The van der Waals surface area contributed by atoms with Crippen LogP contribution in [0.4, 0.5) is 11.4 Å². The summed E-state index contributed by atoms with van der Waals surface area (Å²) in [6, 6.07) is 16.7. The first-order valence-corrected chi connectivity index (χ1v) is 8.77. The number of nitrogens with zero attached hydrogens (tertiary/aromatic N) is 2. The Balaban J connectivity index is 1.61. The van der Waals surface area contributed by atoms with Crippen LogP contribution in [-0.4, -0.2) is 15.8 Å². The van der Waals surface area contributed by atoms with Crippen LogP contribution in [0.15, 0.2) is 66.7 Å². The molecule has 0 radical (unpaired) electrons. The van der Waals surface area contributed by atoms with E-state index in [9.17, 15) is 25.0 Å². The van der Waals surface area contributed by atoms with Crippen molar-refractivity contribution in [1.82, 2.24) is 0 Å². The Labute approximate surface area is 170 Å². The van der Waals surface area contributed by atoms with Gasteiger partial charge in [-0.3, -0.25) is 20.2 Å². The van der Waals surface area contributed by atoms with Crippen molar-refractivity contribution < 1.29 is 24.1 Å². The second-order valence-corrected chi connectivity index (χ2v) is 6.28. The number of esters is 1. The first kappa shape index (κ1) is 20.5. The van der Waals surface area contributed by atoms with Crippen molar-refractivity contribution in [2.75, 3.05) is 0 Å². The summed E-state index contributed by atoms with van der Waals surface area (Å²) in [6.45, 7) is 1.48. The average Bonchev–Trinajstić information content (AvgIpc) is 2.73. The summed E-state index contributed by atoms with van der Waals surface area (Å²) in [5.41, 5.74) is 0.917. The van der Waals surface area contributed by atoms with Crippen molar-refractivity contribution in [3.63, 3.8) is 0 Å². The Hall–Kier alpha value is -4.27. The Kier molecular flexibility index (Phi) is 6.02. The Bertz CT molecular complexity index is 1090. The van der Waals surface area contributed by atoms with Crippen molar-refractivity contribution >= 4 is 17.3 Å². The number of nitro groups is 2. The summed E-state index contributed by atoms with van der Waals surface area (Å²) in [5, 5.41) is 21.7. The van der Waals surface area contributed by atoms with Crippen LogP contribution < -0.4 is 4.74 Å². The van der Waals surface area contributed by atoms with Crippen LogP contribution in [0.2, 0.25) is 0 Å². The molecule has 0 atom stereocenters. The van der Waals surface area contributed by atoms with Gasteiger partial charge < -0.3 is 9.47 Å². The summed E-state index contributed by atoms with van der Waals surface area (Å²) in [7, 11) is 0. The Morgan fingerprint density at radius 3 is 2.03 bits per heavy atom. The highest BCUT2D eigenvalue weighted by Gasteiger charge is 2.19. The number of carbonyl (C=O) groups excluding carboxylic acids is 1. The maximum absolute atomic E-state index is 12.3. The number of non-ortho nitro benzene ring substituents is 1. The van der Waals surface area contributed by atoms with Crippen LogP contribution in [0, 0.1) is 27.2 Å². The highest BCUT2D eigenvalue weighted by atomic mass is 16.6. The number of carbonyl (C=O) groups is 1. The molecular weight excluding hydrogens is 392 g/mol. The van der Waals surface area contributed by atoms with Gasteiger partial charge in [-0.15, -0.1) is 0 Å². The van der Waals surface area contributed by atoms with Crippen molar-refractivity contribution in [2.24, 2.45) is 0 Å². The molecule has 0 aliphatic carbocycles. The molecule has 9 nitrogen and oxygen atoms in total. The van der Waals surface area contributed by atoms with Crippen LogP contribution >= 0.6 is 0 Å². The lowest BCUT2D eigenvalue weighted by Crippen LogP contribution is -2.08. The minimum Gasteiger partial charge on any atom is -0.457 e. The minimum atomic E-state index is -0.651. The first-order valence-electron chi connectivity index (χ1n) is 8.77. The molecule has 3 rings (SSSR count). The van der Waals surface area contributed by atoms with Gasteiger partial charge in [-0.05, 0) is 42.8 Å². The molecule has 0 fully saturated rings. The van der Waals surface area contributed by atoms with E-state index in [2.05, 4.69) is 0 Å². The van der Waals surface area contributed by atoms with Gasteiger partial charge in [-0.2, -0.15) is 0 Å². The molecule has 30 heavy (non-hydrogen) atoms. The quantitative estimate of drug-likeness (QED) is 0.307. The highest BCUT2D eigenvalue weighted by Crippen LogP contribution is 2.25. The number of ether oxygens (including phenoxy) is 2. The fraction of sp³-hybridized carbons (Fsp3) is 0.0952. The summed E-state index contributed by atoms with van der Waals surface area (Å²) in [6.07, 6.45) is 0. The lowest BCUT2D eigenvalue weighted by Gasteiger charge is -2.09. The predicted octanol–water partition coefficient (Wildman–Crippen LogP) is 4.96. The zero-order valence-corrected chi connectivity index (χ0v) is 15.8. The van der Waals surface area contributed by atoms with E-state index in [0.29, 0.717) is 17.1 Å². The molecule has 0 aliphatic heterocycles. The van der Waals surface area contributed by atoms with Gasteiger partial charge in [0.05, 0.1) is 15.4 Å². The molecule has 0 saturated heterocycles. The molecule has 0 N–H and O–H groups in total. The SMILES string of the molecule is Cc1c(C(=O)OCc2ccc(Oc3ccc([N+](=O)[O-])cc3)cc2)cccc1[N+](=O)[O-].